The van der Waals surface area contributed by atoms with Crippen LogP contribution in [0.3, 0.4) is 0 Å². The summed E-state index contributed by atoms with van der Waals surface area (Å²) >= 11 is 0. The van der Waals surface area contributed by atoms with E-state index in [9.17, 15) is 0 Å². The maximum Gasteiger partial charge on any atom is -0.0152 e. The Hall–Kier alpha value is -2.08. The molecule has 0 unspecified atom stereocenters. The molecule has 0 aliphatic carbocycles. The highest BCUT2D eigenvalue weighted by Crippen LogP contribution is 2.21. The van der Waals surface area contributed by atoms with Crippen LogP contribution in [-0.4, -0.2) is 0 Å². The Labute approximate surface area is 172 Å². The minimum Gasteiger partial charge on any atom is -0.0622 e. The standard InChI is InChI=1S/C28H36/c1(3-5-7-10-17-25-18-11-9-12-19-25)2-4-6-8-13-20-26-22-16-23-27-21-14-15-24-28(26)27/h9,11-12,14-16,18-19,21-24H,1-8,10,13,17,20H2. The number of aryl methyl sites for hydroxylation is 2. The first-order chi connectivity index (χ1) is 13.9. The molecular formula is C28H36. The molecule has 0 aliphatic heterocycles. The van der Waals surface area contributed by atoms with Gasteiger partial charge in [-0.15, -0.1) is 0 Å². The third kappa shape index (κ3) is 7.15. The van der Waals surface area contributed by atoms with Crippen LogP contribution in [0.5, 0.6) is 0 Å². The summed E-state index contributed by atoms with van der Waals surface area (Å²) in [6.07, 6.45) is 16.4. The largest absolute Gasteiger partial charge is 0.0622 e. The third-order valence-corrected chi connectivity index (χ3v) is 5.88. The first kappa shape index (κ1) is 20.6. The summed E-state index contributed by atoms with van der Waals surface area (Å²) in [5.74, 6) is 0. The Morgan fingerprint density at radius 1 is 0.393 bits per heavy atom. The highest BCUT2D eigenvalue weighted by Gasteiger charge is 2.00. The minimum atomic E-state index is 1.22. The van der Waals surface area contributed by atoms with E-state index in [0.29, 0.717) is 0 Å². The smallest absolute Gasteiger partial charge is 0.0152 e. The molecule has 3 rings (SSSR count). The summed E-state index contributed by atoms with van der Waals surface area (Å²) in [5.41, 5.74) is 3.01. The predicted molar refractivity (Wildman–Crippen MR) is 124 cm³/mol. The van der Waals surface area contributed by atoms with Crippen molar-refractivity contribution in [3.05, 3.63) is 83.9 Å². The summed E-state index contributed by atoms with van der Waals surface area (Å²) in [5, 5.41) is 2.82. The number of fused-ring (bicyclic) bond motifs is 1. The van der Waals surface area contributed by atoms with Crippen LogP contribution in [0, 0.1) is 0 Å². The van der Waals surface area contributed by atoms with E-state index in [2.05, 4.69) is 72.8 Å². The van der Waals surface area contributed by atoms with Crippen molar-refractivity contribution >= 4 is 10.8 Å². The van der Waals surface area contributed by atoms with Crippen LogP contribution >= 0.6 is 0 Å². The van der Waals surface area contributed by atoms with Crippen LogP contribution < -0.4 is 0 Å². The van der Waals surface area contributed by atoms with Gasteiger partial charge in [0.2, 0.25) is 0 Å². The quantitative estimate of drug-likeness (QED) is 0.264. The van der Waals surface area contributed by atoms with Crippen LogP contribution in [-0.2, 0) is 12.8 Å². The van der Waals surface area contributed by atoms with Gasteiger partial charge in [0.05, 0.1) is 0 Å². The number of rotatable bonds is 13. The van der Waals surface area contributed by atoms with E-state index in [4.69, 9.17) is 0 Å². The van der Waals surface area contributed by atoms with Gasteiger partial charge in [0.25, 0.3) is 0 Å². The molecule has 0 aliphatic rings. The van der Waals surface area contributed by atoms with Crippen molar-refractivity contribution < 1.29 is 0 Å². The Balaban J connectivity index is 1.16. The minimum absolute atomic E-state index is 1.22. The lowest BCUT2D eigenvalue weighted by Crippen LogP contribution is -1.89. The molecule has 0 fully saturated rings. The molecule has 3 aromatic carbocycles. The van der Waals surface area contributed by atoms with Crippen LogP contribution in [0.25, 0.3) is 10.8 Å². The van der Waals surface area contributed by atoms with Crippen LogP contribution in [0.15, 0.2) is 72.8 Å². The van der Waals surface area contributed by atoms with Gasteiger partial charge in [-0.3, -0.25) is 0 Å². The average molecular weight is 373 g/mol. The first-order valence-corrected chi connectivity index (χ1v) is 11.4. The van der Waals surface area contributed by atoms with Gasteiger partial charge in [-0.1, -0.05) is 124 Å². The molecule has 0 spiro atoms. The van der Waals surface area contributed by atoms with Gasteiger partial charge in [-0.25, -0.2) is 0 Å². The fourth-order valence-corrected chi connectivity index (χ4v) is 4.21. The normalized spacial score (nSPS) is 11.1. The molecule has 0 amide bonds. The molecule has 0 heterocycles. The fraction of sp³-hybridized carbons (Fsp3) is 0.429. The van der Waals surface area contributed by atoms with Crippen molar-refractivity contribution in [3.63, 3.8) is 0 Å². The SMILES string of the molecule is c1ccc(CCCCCCCCCCCCc2cccc3ccccc23)cc1. The molecular weight excluding hydrogens is 336 g/mol. The van der Waals surface area contributed by atoms with Crippen molar-refractivity contribution in [2.24, 2.45) is 0 Å². The van der Waals surface area contributed by atoms with Gasteiger partial charge in [0, 0.05) is 0 Å². The highest BCUT2D eigenvalue weighted by molar-refractivity contribution is 5.85. The Bertz CT molecular complexity index is 782. The van der Waals surface area contributed by atoms with Gasteiger partial charge in [0.15, 0.2) is 0 Å². The number of unbranched alkanes of at least 4 members (excludes halogenated alkanes) is 9. The summed E-state index contributed by atoms with van der Waals surface area (Å²) in [4.78, 5) is 0. The molecule has 0 saturated heterocycles. The summed E-state index contributed by atoms with van der Waals surface area (Å²) in [7, 11) is 0. The molecule has 0 nitrogen and oxygen atoms in total. The van der Waals surface area contributed by atoms with Crippen molar-refractivity contribution in [2.75, 3.05) is 0 Å². The van der Waals surface area contributed by atoms with E-state index in [1.807, 2.05) is 0 Å². The van der Waals surface area contributed by atoms with E-state index in [1.165, 1.54) is 98.9 Å². The van der Waals surface area contributed by atoms with Crippen molar-refractivity contribution in [1.29, 1.82) is 0 Å². The van der Waals surface area contributed by atoms with Crippen molar-refractivity contribution in [2.45, 2.75) is 77.0 Å². The van der Waals surface area contributed by atoms with E-state index >= 15 is 0 Å². The fourth-order valence-electron chi connectivity index (χ4n) is 4.21. The van der Waals surface area contributed by atoms with E-state index in [-0.39, 0.29) is 0 Å². The third-order valence-electron chi connectivity index (χ3n) is 5.88. The van der Waals surface area contributed by atoms with E-state index < -0.39 is 0 Å². The maximum absolute atomic E-state index is 2.31. The second-order valence-electron chi connectivity index (χ2n) is 8.16. The van der Waals surface area contributed by atoms with Crippen LogP contribution in [0.1, 0.15) is 75.3 Å². The highest BCUT2D eigenvalue weighted by atomic mass is 14.1. The maximum atomic E-state index is 2.31. The van der Waals surface area contributed by atoms with Gasteiger partial charge in [-0.2, -0.15) is 0 Å². The second-order valence-corrected chi connectivity index (χ2v) is 8.16. The van der Waals surface area contributed by atoms with Crippen molar-refractivity contribution in [3.8, 4) is 0 Å². The molecule has 28 heavy (non-hydrogen) atoms. The van der Waals surface area contributed by atoms with E-state index in [0.717, 1.165) is 0 Å². The monoisotopic (exact) mass is 372 g/mol. The van der Waals surface area contributed by atoms with Gasteiger partial charge in [0.1, 0.15) is 0 Å². The van der Waals surface area contributed by atoms with Crippen LogP contribution in [0.4, 0.5) is 0 Å². The van der Waals surface area contributed by atoms with Gasteiger partial charge < -0.3 is 0 Å². The molecule has 0 aromatic heterocycles. The number of hydrogen-bond donors (Lipinski definition) is 0. The Kier molecular flexibility index (Phi) is 9.14. The van der Waals surface area contributed by atoms with Crippen LogP contribution in [0.2, 0.25) is 0 Å². The van der Waals surface area contributed by atoms with Gasteiger partial charge >= 0.3 is 0 Å². The van der Waals surface area contributed by atoms with Gasteiger partial charge in [-0.05, 0) is 47.6 Å². The molecule has 0 atom stereocenters. The average Bonchev–Trinajstić information content (AvgIpc) is 2.75. The zero-order valence-electron chi connectivity index (χ0n) is 17.4. The zero-order chi connectivity index (χ0) is 19.3. The molecule has 0 bridgehead atoms. The lowest BCUT2D eigenvalue weighted by Gasteiger charge is -2.07. The molecule has 0 N–H and O–H groups in total. The Morgan fingerprint density at radius 2 is 0.929 bits per heavy atom. The summed E-state index contributed by atoms with van der Waals surface area (Å²) in [6.45, 7) is 0. The Morgan fingerprint density at radius 3 is 1.64 bits per heavy atom. The van der Waals surface area contributed by atoms with E-state index in [1.54, 1.807) is 0 Å². The molecule has 0 saturated carbocycles. The molecule has 0 heteroatoms. The molecule has 3 aromatic rings. The number of hydrogen-bond acceptors (Lipinski definition) is 0. The predicted octanol–water partition coefficient (Wildman–Crippen LogP) is 8.53. The number of benzene rings is 3. The molecule has 148 valence electrons. The summed E-state index contributed by atoms with van der Waals surface area (Å²) < 4.78 is 0. The topological polar surface area (TPSA) is 0 Å². The zero-order valence-corrected chi connectivity index (χ0v) is 17.4. The lowest BCUT2D eigenvalue weighted by molar-refractivity contribution is 0.551. The molecule has 0 radical (unpaired) electrons. The van der Waals surface area contributed by atoms with Crippen molar-refractivity contribution in [1.82, 2.24) is 0 Å². The summed E-state index contributed by atoms with van der Waals surface area (Å²) in [6, 6.07) is 26.4. The second kappa shape index (κ2) is 12.4. The first-order valence-electron chi connectivity index (χ1n) is 11.4. The lowest BCUT2D eigenvalue weighted by atomic mass is 9.99.